The first-order chi connectivity index (χ1) is 7.08. The molecule has 0 aromatic heterocycles. The highest BCUT2D eigenvalue weighted by atomic mass is 16.5. The van der Waals surface area contributed by atoms with Crippen molar-refractivity contribution >= 4 is 11.9 Å². The first-order valence-corrected chi connectivity index (χ1v) is 5.32. The van der Waals surface area contributed by atoms with Crippen molar-refractivity contribution in [2.75, 3.05) is 0 Å². The minimum absolute atomic E-state index is 0.00363. The molecule has 0 atom stereocenters. The summed E-state index contributed by atoms with van der Waals surface area (Å²) >= 11 is 0. The van der Waals surface area contributed by atoms with Crippen LogP contribution in [0.5, 0.6) is 0 Å². The molecule has 0 unspecified atom stereocenters. The summed E-state index contributed by atoms with van der Waals surface area (Å²) < 4.78 is 5.00. The Morgan fingerprint density at radius 3 is 2.33 bits per heavy atom. The van der Waals surface area contributed by atoms with Gasteiger partial charge in [0.15, 0.2) is 0 Å². The summed E-state index contributed by atoms with van der Waals surface area (Å²) in [5.74, 6) is -0.730. The topological polar surface area (TPSA) is 63.6 Å². The van der Waals surface area contributed by atoms with E-state index in [-0.39, 0.29) is 12.5 Å². The van der Waals surface area contributed by atoms with Crippen LogP contribution in [0.1, 0.15) is 38.5 Å². The maximum Gasteiger partial charge on any atom is 0.306 e. The molecule has 4 heteroatoms. The number of esters is 1. The summed E-state index contributed by atoms with van der Waals surface area (Å²) in [6.45, 7) is 3.17. The number of rotatable bonds is 4. The van der Waals surface area contributed by atoms with Gasteiger partial charge in [0.1, 0.15) is 6.10 Å². The van der Waals surface area contributed by atoms with E-state index in [9.17, 15) is 9.59 Å². The lowest BCUT2D eigenvalue weighted by molar-refractivity contribution is -0.145. The smallest absolute Gasteiger partial charge is 0.306 e. The van der Waals surface area contributed by atoms with Crippen LogP contribution in [-0.2, 0) is 14.3 Å². The predicted octanol–water partition coefficient (Wildman–Crippen LogP) is 1.79. The third-order valence-corrected chi connectivity index (χ3v) is 2.86. The van der Waals surface area contributed by atoms with E-state index < -0.39 is 11.9 Å². The maximum absolute atomic E-state index is 10.6. The van der Waals surface area contributed by atoms with Crippen LogP contribution in [0, 0.1) is 12.8 Å². The molecular weight excluding hydrogens is 196 g/mol. The van der Waals surface area contributed by atoms with Gasteiger partial charge < -0.3 is 9.84 Å². The molecule has 0 heterocycles. The third kappa shape index (κ3) is 4.81. The van der Waals surface area contributed by atoms with E-state index in [1.807, 2.05) is 0 Å². The molecule has 1 saturated carbocycles. The van der Waals surface area contributed by atoms with E-state index in [0.717, 1.165) is 32.1 Å². The fraction of sp³-hybridized carbons (Fsp3) is 0.727. The lowest BCUT2D eigenvalue weighted by Crippen LogP contribution is -2.23. The van der Waals surface area contributed by atoms with Gasteiger partial charge in [-0.2, -0.15) is 0 Å². The molecule has 1 aliphatic carbocycles. The maximum atomic E-state index is 10.6. The van der Waals surface area contributed by atoms with E-state index in [0.29, 0.717) is 5.92 Å². The summed E-state index contributed by atoms with van der Waals surface area (Å²) in [6.07, 6.45) is 4.55. The molecule has 0 aromatic rings. The number of ether oxygens (including phenoxy) is 1. The molecule has 0 saturated heterocycles. The second-order valence-corrected chi connectivity index (χ2v) is 4.07. The Hall–Kier alpha value is -1.06. The van der Waals surface area contributed by atoms with Gasteiger partial charge in [-0.15, -0.1) is 0 Å². The molecular formula is C11H17O4. The predicted molar refractivity (Wildman–Crippen MR) is 54.1 cm³/mol. The van der Waals surface area contributed by atoms with Crippen LogP contribution in [0.4, 0.5) is 0 Å². The molecule has 85 valence electrons. The van der Waals surface area contributed by atoms with Crippen molar-refractivity contribution in [3.63, 3.8) is 0 Å². The zero-order valence-corrected chi connectivity index (χ0v) is 8.78. The Morgan fingerprint density at radius 2 is 1.87 bits per heavy atom. The van der Waals surface area contributed by atoms with Crippen LogP contribution in [0.3, 0.4) is 0 Å². The van der Waals surface area contributed by atoms with Gasteiger partial charge in [0.05, 0.1) is 6.92 Å². The average molecular weight is 213 g/mol. The highest BCUT2D eigenvalue weighted by Crippen LogP contribution is 2.29. The fourth-order valence-electron chi connectivity index (χ4n) is 2.05. The quantitative estimate of drug-likeness (QED) is 0.723. The third-order valence-electron chi connectivity index (χ3n) is 2.86. The van der Waals surface area contributed by atoms with E-state index in [1.54, 1.807) is 0 Å². The van der Waals surface area contributed by atoms with Crippen molar-refractivity contribution in [3.8, 4) is 0 Å². The van der Waals surface area contributed by atoms with Crippen molar-refractivity contribution in [1.82, 2.24) is 0 Å². The van der Waals surface area contributed by atoms with Gasteiger partial charge in [-0.05, 0) is 38.0 Å². The second-order valence-electron chi connectivity index (χ2n) is 4.07. The van der Waals surface area contributed by atoms with Gasteiger partial charge in [-0.1, -0.05) is 0 Å². The molecule has 0 bridgehead atoms. The first-order valence-electron chi connectivity index (χ1n) is 5.32. The van der Waals surface area contributed by atoms with Crippen molar-refractivity contribution in [3.05, 3.63) is 6.92 Å². The highest BCUT2D eigenvalue weighted by molar-refractivity contribution is 5.73. The molecule has 1 N–H and O–H groups in total. The summed E-state index contributed by atoms with van der Waals surface area (Å²) in [7, 11) is 0. The molecule has 0 aliphatic heterocycles. The molecule has 1 fully saturated rings. The summed E-state index contributed by atoms with van der Waals surface area (Å²) in [5, 5.41) is 8.54. The van der Waals surface area contributed by atoms with Gasteiger partial charge in [0.2, 0.25) is 0 Å². The van der Waals surface area contributed by atoms with Crippen molar-refractivity contribution < 1.29 is 19.4 Å². The van der Waals surface area contributed by atoms with Crippen LogP contribution in [0.2, 0.25) is 0 Å². The number of aliphatic carboxylic acids is 1. The van der Waals surface area contributed by atoms with Gasteiger partial charge in [-0.25, -0.2) is 0 Å². The van der Waals surface area contributed by atoms with Crippen LogP contribution in [-0.4, -0.2) is 23.1 Å². The van der Waals surface area contributed by atoms with Gasteiger partial charge in [0, 0.05) is 6.42 Å². The number of hydrogen-bond acceptors (Lipinski definition) is 3. The zero-order chi connectivity index (χ0) is 11.3. The standard InChI is InChI=1S/C11H17O4/c1-8(12)15-10-5-2-9(3-6-10)4-7-11(13)14/h9-10H,1-7H2,(H,13,14). The Bertz CT molecular complexity index is 229. The van der Waals surface area contributed by atoms with E-state index >= 15 is 0 Å². The molecule has 15 heavy (non-hydrogen) atoms. The minimum atomic E-state index is -0.735. The normalized spacial score (nSPS) is 25.9. The Morgan fingerprint density at radius 1 is 1.27 bits per heavy atom. The lowest BCUT2D eigenvalue weighted by Gasteiger charge is -2.27. The van der Waals surface area contributed by atoms with Crippen molar-refractivity contribution in [2.45, 2.75) is 44.6 Å². The first kappa shape index (κ1) is 12.0. The zero-order valence-electron chi connectivity index (χ0n) is 8.78. The number of carboxylic acid groups (broad SMARTS) is 1. The monoisotopic (exact) mass is 213 g/mol. The van der Waals surface area contributed by atoms with Gasteiger partial charge in [-0.3, -0.25) is 9.59 Å². The van der Waals surface area contributed by atoms with Crippen LogP contribution >= 0.6 is 0 Å². The average Bonchev–Trinajstić information content (AvgIpc) is 2.16. The Labute approximate surface area is 89.6 Å². The Balaban J connectivity index is 2.18. The number of carbonyl (C=O) groups is 2. The summed E-state index contributed by atoms with van der Waals surface area (Å²) in [6, 6.07) is 0. The molecule has 1 rings (SSSR count). The van der Waals surface area contributed by atoms with Gasteiger partial charge >= 0.3 is 11.9 Å². The molecule has 1 aliphatic rings. The molecule has 0 amide bonds. The molecule has 1 radical (unpaired) electrons. The summed E-state index contributed by atoms with van der Waals surface area (Å²) in [4.78, 5) is 21.0. The SMILES string of the molecule is [CH2]C(=O)OC1CCC(CCC(=O)O)CC1. The highest BCUT2D eigenvalue weighted by Gasteiger charge is 2.23. The fourth-order valence-corrected chi connectivity index (χ4v) is 2.05. The number of carboxylic acids is 1. The number of carbonyl (C=O) groups excluding carboxylic acids is 1. The summed E-state index contributed by atoms with van der Waals surface area (Å²) in [5.41, 5.74) is 0. The largest absolute Gasteiger partial charge is 0.481 e. The van der Waals surface area contributed by atoms with Crippen molar-refractivity contribution in [2.24, 2.45) is 5.92 Å². The number of hydrogen-bond donors (Lipinski definition) is 1. The second kappa shape index (κ2) is 5.73. The Kier molecular flexibility index (Phi) is 4.59. The van der Waals surface area contributed by atoms with Crippen LogP contribution in [0.15, 0.2) is 0 Å². The lowest BCUT2D eigenvalue weighted by atomic mass is 9.84. The van der Waals surface area contributed by atoms with E-state index in [2.05, 4.69) is 6.92 Å². The van der Waals surface area contributed by atoms with Gasteiger partial charge in [0.25, 0.3) is 0 Å². The van der Waals surface area contributed by atoms with E-state index in [1.165, 1.54) is 0 Å². The van der Waals surface area contributed by atoms with Crippen molar-refractivity contribution in [1.29, 1.82) is 0 Å². The van der Waals surface area contributed by atoms with Crippen LogP contribution < -0.4 is 0 Å². The minimum Gasteiger partial charge on any atom is -0.481 e. The molecule has 0 spiro atoms. The van der Waals surface area contributed by atoms with Crippen LogP contribution in [0.25, 0.3) is 0 Å². The van der Waals surface area contributed by atoms with E-state index in [4.69, 9.17) is 9.84 Å². The molecule has 0 aromatic carbocycles. The molecule has 4 nitrogen and oxygen atoms in total.